The highest BCUT2D eigenvalue weighted by molar-refractivity contribution is 7.99. The monoisotopic (exact) mass is 482 g/mol. The van der Waals surface area contributed by atoms with Crippen molar-refractivity contribution in [3.05, 3.63) is 52.7 Å². The molecule has 0 amide bonds. The molecular weight excluding hydrogens is 465 g/mol. The summed E-state index contributed by atoms with van der Waals surface area (Å²) in [6.07, 6.45) is -3.86. The van der Waals surface area contributed by atoms with E-state index in [0.717, 1.165) is 42.9 Å². The van der Waals surface area contributed by atoms with Gasteiger partial charge in [-0.25, -0.2) is 4.98 Å². The maximum absolute atomic E-state index is 13.1. The van der Waals surface area contributed by atoms with Gasteiger partial charge in [0.05, 0.1) is 5.56 Å². The van der Waals surface area contributed by atoms with Crippen LogP contribution in [0.4, 0.5) is 19.0 Å². The Morgan fingerprint density at radius 1 is 1.20 bits per heavy atom. The van der Waals surface area contributed by atoms with Crippen molar-refractivity contribution >= 4 is 45.1 Å². The summed E-state index contributed by atoms with van der Waals surface area (Å²) in [6, 6.07) is 5.10. The highest BCUT2D eigenvalue weighted by atomic mass is 35.5. The molecule has 2 heterocycles. The first-order valence-corrected chi connectivity index (χ1v) is 11.2. The van der Waals surface area contributed by atoms with Crippen molar-refractivity contribution in [3.63, 3.8) is 0 Å². The third-order valence-electron chi connectivity index (χ3n) is 4.07. The van der Waals surface area contributed by atoms with Gasteiger partial charge in [0.25, 0.3) is 10.0 Å². The van der Waals surface area contributed by atoms with Gasteiger partial charge in [0.2, 0.25) is 0 Å². The minimum Gasteiger partial charge on any atom is -0.858 e. The molecule has 0 bridgehead atoms. The maximum Gasteiger partial charge on any atom is 0.417 e. The molecule has 0 saturated carbocycles. The topological polar surface area (TPSA) is 122 Å². The molecule has 0 unspecified atom stereocenters. The van der Waals surface area contributed by atoms with Crippen LogP contribution < -0.4 is 16.2 Å². The molecule has 1 aromatic carbocycles. The fourth-order valence-corrected chi connectivity index (χ4v) is 4.58. The average Bonchev–Trinajstić information content (AvgIpc) is 2.67. The van der Waals surface area contributed by atoms with Crippen LogP contribution in [0.1, 0.15) is 11.1 Å². The van der Waals surface area contributed by atoms with Crippen LogP contribution in [0.5, 0.6) is 0 Å². The van der Waals surface area contributed by atoms with Crippen molar-refractivity contribution in [2.75, 3.05) is 29.5 Å². The van der Waals surface area contributed by atoms with E-state index in [9.17, 15) is 26.7 Å². The Morgan fingerprint density at radius 3 is 2.43 bits per heavy atom. The summed E-state index contributed by atoms with van der Waals surface area (Å²) >= 11 is 7.36. The zero-order valence-electron chi connectivity index (χ0n) is 15.7. The Labute approximate surface area is 180 Å². The van der Waals surface area contributed by atoms with E-state index in [1.54, 1.807) is 11.8 Å². The number of quaternary nitrogens is 1. The first-order chi connectivity index (χ1) is 13.6. The van der Waals surface area contributed by atoms with Gasteiger partial charge in [-0.1, -0.05) is 17.7 Å². The zero-order valence-corrected chi connectivity index (χ0v) is 18.1. The maximum atomic E-state index is 13.1. The molecule has 0 atom stereocenters. The number of pyridine rings is 1. The molecule has 164 valence electrons. The van der Waals surface area contributed by atoms with Gasteiger partial charge in [-0.3, -0.25) is 0 Å². The fourth-order valence-electron chi connectivity index (χ4n) is 2.65. The summed E-state index contributed by atoms with van der Waals surface area (Å²) < 4.78 is 67.2. The fraction of sp³-hybridized carbons (Fsp3) is 0.294. The van der Waals surface area contributed by atoms with Gasteiger partial charge in [0, 0.05) is 41.7 Å². The lowest BCUT2D eigenvalue weighted by Crippen LogP contribution is -2.33. The Balaban J connectivity index is 0.00000320. The van der Waals surface area contributed by atoms with Gasteiger partial charge in [-0.2, -0.15) is 37.7 Å². The molecule has 13 heteroatoms. The summed E-state index contributed by atoms with van der Waals surface area (Å²) in [5, 5.41) is 12.0. The van der Waals surface area contributed by atoms with Crippen LogP contribution in [-0.4, -0.2) is 43.9 Å². The molecule has 0 radical (unpaired) electrons. The summed E-state index contributed by atoms with van der Waals surface area (Å²) in [5.41, 5.74) is -2.26. The Bertz CT molecular complexity index is 1030. The Hall–Kier alpha value is -2.02. The number of thioether (sulfide) groups is 1. The number of halogens is 4. The highest BCUT2D eigenvalue weighted by Crippen LogP contribution is 2.34. The van der Waals surface area contributed by atoms with Gasteiger partial charge < -0.3 is 16.2 Å². The van der Waals surface area contributed by atoms with Crippen LogP contribution in [0.3, 0.4) is 0 Å². The van der Waals surface area contributed by atoms with Gasteiger partial charge in [0.15, 0.2) is 0 Å². The number of sulfonamides is 1. The first kappa shape index (κ1) is 24.3. The lowest BCUT2D eigenvalue weighted by atomic mass is 10.1. The van der Waals surface area contributed by atoms with E-state index in [4.69, 9.17) is 11.6 Å². The highest BCUT2D eigenvalue weighted by Gasteiger charge is 2.34. The van der Waals surface area contributed by atoms with Crippen molar-refractivity contribution in [2.45, 2.75) is 11.1 Å². The van der Waals surface area contributed by atoms with E-state index in [1.807, 2.05) is 4.90 Å². The molecule has 1 saturated heterocycles. The predicted molar refractivity (Wildman–Crippen MR) is 110 cm³/mol. The normalized spacial score (nSPS) is 15.6. The minimum atomic E-state index is -4.90. The summed E-state index contributed by atoms with van der Waals surface area (Å²) in [7, 11) is -4.54. The van der Waals surface area contributed by atoms with Crippen LogP contribution in [-0.2, 0) is 16.2 Å². The number of aromatic nitrogens is 1. The van der Waals surface area contributed by atoms with Crippen LogP contribution in [0.25, 0.3) is 0 Å². The van der Waals surface area contributed by atoms with Crippen LogP contribution >= 0.6 is 23.4 Å². The van der Waals surface area contributed by atoms with E-state index in [1.165, 1.54) is 12.1 Å². The zero-order chi connectivity index (χ0) is 21.2. The molecule has 0 aliphatic carbocycles. The molecule has 7 nitrogen and oxygen atoms in total. The van der Waals surface area contributed by atoms with Crippen LogP contribution in [0.15, 0.2) is 45.8 Å². The van der Waals surface area contributed by atoms with E-state index >= 15 is 0 Å². The number of rotatable bonds is 4. The second-order valence-electron chi connectivity index (χ2n) is 6.01. The lowest BCUT2D eigenvalue weighted by Gasteiger charge is -2.27. The number of benzene rings is 1. The molecule has 1 fully saturated rings. The van der Waals surface area contributed by atoms with Crippen molar-refractivity contribution < 1.29 is 26.7 Å². The molecule has 1 aliphatic rings. The van der Waals surface area contributed by atoms with E-state index in [-0.39, 0.29) is 16.1 Å². The van der Waals surface area contributed by atoms with Gasteiger partial charge in [-0.15, -0.1) is 0 Å². The number of hydrogen-bond acceptors (Lipinski definition) is 6. The van der Waals surface area contributed by atoms with E-state index in [0.29, 0.717) is 11.9 Å². The van der Waals surface area contributed by atoms with E-state index in [2.05, 4.69) is 9.38 Å². The quantitative estimate of drug-likeness (QED) is 0.527. The van der Waals surface area contributed by atoms with Crippen LogP contribution in [0, 0.1) is 0 Å². The minimum absolute atomic E-state index is 0. The summed E-state index contributed by atoms with van der Waals surface area (Å²) in [4.78, 5) is 5.68. The molecule has 1 aromatic heterocycles. The second-order valence-corrected chi connectivity index (χ2v) is 9.28. The molecule has 4 N–H and O–H groups in total. The first-order valence-electron chi connectivity index (χ1n) is 8.26. The summed E-state index contributed by atoms with van der Waals surface area (Å²) in [5.74, 6) is 0.890. The van der Waals surface area contributed by atoms with Gasteiger partial charge >= 0.3 is 6.18 Å². The molecule has 0 spiro atoms. The lowest BCUT2D eigenvalue weighted by molar-refractivity contribution is -0.213. The Kier molecular flexibility index (Phi) is 7.61. The van der Waals surface area contributed by atoms with E-state index < -0.39 is 33.2 Å². The molecule has 1 aliphatic heterocycles. The molecule has 30 heavy (non-hydrogen) atoms. The Morgan fingerprint density at radius 2 is 1.87 bits per heavy atom. The van der Waals surface area contributed by atoms with Crippen molar-refractivity contribution in [3.8, 4) is 0 Å². The average molecular weight is 483 g/mol. The number of nitrogens with zero attached hydrogens (tertiary/aromatic N) is 3. The third kappa shape index (κ3) is 5.56. The number of hydrogen-bond donors (Lipinski definition) is 1. The predicted octanol–water partition coefficient (Wildman–Crippen LogP) is 3.18. The van der Waals surface area contributed by atoms with Crippen molar-refractivity contribution in [1.29, 1.82) is 0 Å². The number of anilines is 1. The summed E-state index contributed by atoms with van der Waals surface area (Å²) in [6.45, 7) is 1.53. The number of alkyl halides is 3. The van der Waals surface area contributed by atoms with Crippen LogP contribution in [0.2, 0.25) is 5.02 Å². The van der Waals surface area contributed by atoms with Crippen molar-refractivity contribution in [1.82, 2.24) is 11.1 Å². The second kappa shape index (κ2) is 9.41. The molecule has 2 aromatic rings. The van der Waals surface area contributed by atoms with Crippen molar-refractivity contribution in [2.24, 2.45) is 4.40 Å². The van der Waals surface area contributed by atoms with Gasteiger partial charge in [0.1, 0.15) is 10.7 Å². The standard InChI is InChI=1S/C17H15ClF3N3O3S2.H3N/c18-11-1-3-13(14(9-11)17(19,20)21)16(25)23-29(26,27)12-2-4-15(22-10-12)24-5-7-28-8-6-24;/h1-4,9-10H,5-8H2,(H,23,25);1H3. The SMILES string of the molecule is O=S(=O)(/N=C(\[O-])c1ccc(Cl)cc1C(F)(F)F)c1ccc(N2CCSCC2)nc1.[NH4+]. The smallest absolute Gasteiger partial charge is 0.417 e. The third-order valence-corrected chi connectivity index (χ3v) is 6.50. The molecule has 3 rings (SSSR count). The van der Waals surface area contributed by atoms with Gasteiger partial charge in [-0.05, 0) is 29.8 Å². The molecular formula is C17H18ClF3N4O3S2. The largest absolute Gasteiger partial charge is 0.858 e.